The zero-order valence-corrected chi connectivity index (χ0v) is 13.7. The summed E-state index contributed by atoms with van der Waals surface area (Å²) >= 11 is -0.826. The molecule has 85 valence electrons. The van der Waals surface area contributed by atoms with Crippen LogP contribution in [0.15, 0.2) is 23.3 Å². The van der Waals surface area contributed by atoms with E-state index in [0.29, 0.717) is 0 Å². The second kappa shape index (κ2) is 10.1. The molecule has 1 radical (unpaired) electrons. The van der Waals surface area contributed by atoms with Gasteiger partial charge in [0.1, 0.15) is 0 Å². The number of halogens is 2. The van der Waals surface area contributed by atoms with Crippen molar-refractivity contribution >= 4 is 17.0 Å². The number of hydrogen-bond acceptors (Lipinski definition) is 0. The molecule has 0 nitrogen and oxygen atoms in total. The molecule has 0 bridgehead atoms. The van der Waals surface area contributed by atoms with Crippen molar-refractivity contribution < 1.29 is 20.8 Å². The van der Waals surface area contributed by atoms with Crippen molar-refractivity contribution in [3.8, 4) is 0 Å². The van der Waals surface area contributed by atoms with Crippen LogP contribution >= 0.6 is 17.0 Å². The molecular formula is C12H19Cl2Zr. The van der Waals surface area contributed by atoms with Crippen LogP contribution < -0.4 is 0 Å². The summed E-state index contributed by atoms with van der Waals surface area (Å²) in [6.45, 7) is 6.72. The fourth-order valence-electron chi connectivity index (χ4n) is 1.77. The van der Waals surface area contributed by atoms with Gasteiger partial charge < -0.3 is 0 Å². The van der Waals surface area contributed by atoms with Crippen LogP contribution in [0.5, 0.6) is 0 Å². The van der Waals surface area contributed by atoms with E-state index in [9.17, 15) is 0 Å². The quantitative estimate of drug-likeness (QED) is 0.647. The molecule has 15 heavy (non-hydrogen) atoms. The zero-order chi connectivity index (χ0) is 11.7. The molecule has 0 aliphatic heterocycles. The molecule has 0 heterocycles. The molecule has 0 aromatic heterocycles. The van der Waals surface area contributed by atoms with E-state index in [-0.39, 0.29) is 0 Å². The van der Waals surface area contributed by atoms with Gasteiger partial charge in [-0.25, -0.2) is 0 Å². The molecule has 3 heteroatoms. The zero-order valence-electron chi connectivity index (χ0n) is 9.74. The standard InChI is InChI=1S/C12H19.2ClH.Zr/c1-4-7-10-8-11(5-2)12(6-3)9-10;;;/h8-9H,4-7H2,1-3H3;2*1H;/q;;;+2/p-2. The van der Waals surface area contributed by atoms with Gasteiger partial charge in [-0.2, -0.15) is 0 Å². The topological polar surface area (TPSA) is 0 Å². The second-order valence-electron chi connectivity index (χ2n) is 3.44. The average Bonchev–Trinajstić information content (AvgIpc) is 2.62. The number of allylic oxidation sites excluding steroid dienone is 4. The van der Waals surface area contributed by atoms with Gasteiger partial charge in [-0.15, -0.1) is 0 Å². The van der Waals surface area contributed by atoms with Crippen LogP contribution in [0.2, 0.25) is 0 Å². The third-order valence-corrected chi connectivity index (χ3v) is 2.43. The Bertz CT molecular complexity index is 222. The molecule has 0 spiro atoms. The molecule has 1 aliphatic carbocycles. The summed E-state index contributed by atoms with van der Waals surface area (Å²) in [4.78, 5) is 0. The fourth-order valence-corrected chi connectivity index (χ4v) is 1.77. The SMILES string of the molecule is CCCC1=C[C](CC)C(CC)=C1.[Cl][Zr][Cl]. The fraction of sp³-hybridized carbons (Fsp3) is 0.583. The van der Waals surface area contributed by atoms with Crippen LogP contribution in [-0.2, 0) is 20.8 Å². The van der Waals surface area contributed by atoms with E-state index in [1.165, 1.54) is 31.3 Å². The average molecular weight is 325 g/mol. The van der Waals surface area contributed by atoms with Gasteiger partial charge in [-0.05, 0) is 19.3 Å². The summed E-state index contributed by atoms with van der Waals surface area (Å²) in [5.41, 5.74) is 3.09. The van der Waals surface area contributed by atoms with Crippen LogP contribution in [0.3, 0.4) is 0 Å². The Hall–Kier alpha value is 0.943. The third kappa shape index (κ3) is 6.29. The van der Waals surface area contributed by atoms with Crippen molar-refractivity contribution in [2.75, 3.05) is 0 Å². The minimum absolute atomic E-state index is 0.826. The van der Waals surface area contributed by atoms with E-state index < -0.39 is 20.8 Å². The molecule has 0 aromatic carbocycles. The predicted octanol–water partition coefficient (Wildman–Crippen LogP) is 5.42. The summed E-state index contributed by atoms with van der Waals surface area (Å²) in [5.74, 6) is 1.56. The normalized spacial score (nSPS) is 15.3. The Morgan fingerprint density at radius 1 is 1.07 bits per heavy atom. The Morgan fingerprint density at radius 2 is 1.67 bits per heavy atom. The van der Waals surface area contributed by atoms with E-state index in [1.54, 1.807) is 11.5 Å². The van der Waals surface area contributed by atoms with Crippen LogP contribution in [0, 0.1) is 5.92 Å². The number of hydrogen-bond donors (Lipinski definition) is 0. The molecule has 0 N–H and O–H groups in total. The Kier molecular flexibility index (Phi) is 10.8. The molecule has 0 aromatic rings. The monoisotopic (exact) mass is 323 g/mol. The van der Waals surface area contributed by atoms with Crippen LogP contribution in [0.1, 0.15) is 46.5 Å². The maximum absolute atomic E-state index is 4.93. The van der Waals surface area contributed by atoms with Gasteiger partial charge >= 0.3 is 37.9 Å². The van der Waals surface area contributed by atoms with E-state index in [2.05, 4.69) is 32.9 Å². The van der Waals surface area contributed by atoms with Crippen LogP contribution in [0.4, 0.5) is 0 Å². The second-order valence-corrected chi connectivity index (χ2v) is 7.17. The van der Waals surface area contributed by atoms with Gasteiger partial charge in [0.25, 0.3) is 0 Å². The molecule has 0 fully saturated rings. The summed E-state index contributed by atoms with van der Waals surface area (Å²) in [5, 5.41) is 0. The van der Waals surface area contributed by atoms with Crippen LogP contribution in [-0.4, -0.2) is 0 Å². The van der Waals surface area contributed by atoms with E-state index in [1.807, 2.05) is 0 Å². The van der Waals surface area contributed by atoms with E-state index in [0.717, 1.165) is 0 Å². The van der Waals surface area contributed by atoms with Gasteiger partial charge in [0.15, 0.2) is 0 Å². The predicted molar refractivity (Wildman–Crippen MR) is 66.6 cm³/mol. The van der Waals surface area contributed by atoms with Crippen molar-refractivity contribution in [1.82, 2.24) is 0 Å². The van der Waals surface area contributed by atoms with Gasteiger partial charge in [0, 0.05) is 5.92 Å². The van der Waals surface area contributed by atoms with Gasteiger partial charge in [0.2, 0.25) is 0 Å². The Balaban J connectivity index is 0.000000583. The summed E-state index contributed by atoms with van der Waals surface area (Å²) in [7, 11) is 9.87. The molecule has 0 atom stereocenters. The molecule has 0 saturated carbocycles. The first-order valence-corrected chi connectivity index (χ1v) is 11.8. The van der Waals surface area contributed by atoms with Crippen molar-refractivity contribution in [2.45, 2.75) is 46.5 Å². The van der Waals surface area contributed by atoms with Crippen molar-refractivity contribution in [2.24, 2.45) is 0 Å². The summed E-state index contributed by atoms with van der Waals surface area (Å²) in [6, 6.07) is 0. The Morgan fingerprint density at radius 3 is 2.00 bits per heavy atom. The maximum atomic E-state index is 4.93. The van der Waals surface area contributed by atoms with Gasteiger partial charge in [0.05, 0.1) is 0 Å². The first-order chi connectivity index (χ1) is 7.23. The minimum atomic E-state index is -0.826. The number of rotatable bonds is 4. The molecule has 1 aliphatic rings. The van der Waals surface area contributed by atoms with Gasteiger partial charge in [-0.1, -0.05) is 50.5 Å². The van der Waals surface area contributed by atoms with Gasteiger partial charge in [-0.3, -0.25) is 0 Å². The van der Waals surface area contributed by atoms with Crippen molar-refractivity contribution in [3.05, 3.63) is 29.2 Å². The third-order valence-electron chi connectivity index (χ3n) is 2.43. The van der Waals surface area contributed by atoms with E-state index >= 15 is 0 Å². The van der Waals surface area contributed by atoms with E-state index in [4.69, 9.17) is 17.0 Å². The first-order valence-electron chi connectivity index (χ1n) is 5.46. The Labute approximate surface area is 113 Å². The molecule has 0 unspecified atom stereocenters. The molecule has 0 saturated heterocycles. The summed E-state index contributed by atoms with van der Waals surface area (Å²) < 4.78 is 0. The van der Waals surface area contributed by atoms with Crippen LogP contribution in [0.25, 0.3) is 0 Å². The first kappa shape index (κ1) is 15.9. The molecular weight excluding hydrogens is 306 g/mol. The molecule has 0 amide bonds. The molecule has 1 rings (SSSR count). The van der Waals surface area contributed by atoms with Crippen molar-refractivity contribution in [3.63, 3.8) is 0 Å². The summed E-state index contributed by atoms with van der Waals surface area (Å²) in [6.07, 6.45) is 9.63. The van der Waals surface area contributed by atoms with Crippen molar-refractivity contribution in [1.29, 1.82) is 0 Å².